The number of halogens is 3. The lowest BCUT2D eigenvalue weighted by Gasteiger charge is -2.22. The molecule has 1 aromatic heterocycles. The SMILES string of the molecule is Cl.NC(=O)[C@@H]1CC(F)CN1Cc1cc(Cl)ccc1-n1cncn1. The van der Waals surface area contributed by atoms with E-state index in [4.69, 9.17) is 17.3 Å². The number of carbonyl (C=O) groups is 1. The van der Waals surface area contributed by atoms with E-state index in [-0.39, 0.29) is 25.4 Å². The second-order valence-electron chi connectivity index (χ2n) is 5.29. The van der Waals surface area contributed by atoms with Crippen molar-refractivity contribution in [3.05, 3.63) is 41.4 Å². The number of nitrogens with zero attached hydrogens (tertiary/aromatic N) is 4. The van der Waals surface area contributed by atoms with Gasteiger partial charge in [-0.05, 0) is 23.8 Å². The first-order valence-electron chi connectivity index (χ1n) is 6.85. The minimum absolute atomic E-state index is 0. The molecule has 0 radical (unpaired) electrons. The maximum atomic E-state index is 13.6. The average molecular weight is 360 g/mol. The van der Waals surface area contributed by atoms with Crippen molar-refractivity contribution in [3.63, 3.8) is 0 Å². The van der Waals surface area contributed by atoms with Crippen LogP contribution in [0.1, 0.15) is 12.0 Å². The van der Waals surface area contributed by atoms with Crippen molar-refractivity contribution in [1.82, 2.24) is 19.7 Å². The lowest BCUT2D eigenvalue weighted by Crippen LogP contribution is -2.39. The fourth-order valence-corrected chi connectivity index (χ4v) is 2.97. The lowest BCUT2D eigenvalue weighted by atomic mass is 10.1. The number of alkyl halides is 1. The summed E-state index contributed by atoms with van der Waals surface area (Å²) in [4.78, 5) is 17.1. The summed E-state index contributed by atoms with van der Waals surface area (Å²) in [5.41, 5.74) is 6.98. The Morgan fingerprint density at radius 3 is 2.91 bits per heavy atom. The Bertz CT molecular complexity index is 682. The molecule has 2 aromatic rings. The number of amides is 1. The lowest BCUT2D eigenvalue weighted by molar-refractivity contribution is -0.122. The second kappa shape index (κ2) is 7.25. The molecule has 0 saturated carbocycles. The first kappa shape index (κ1) is 17.7. The molecule has 2 N–H and O–H groups in total. The topological polar surface area (TPSA) is 77.0 Å². The molecule has 1 amide bonds. The number of hydrogen-bond donors (Lipinski definition) is 1. The summed E-state index contributed by atoms with van der Waals surface area (Å²) in [6.45, 7) is 0.542. The highest BCUT2D eigenvalue weighted by molar-refractivity contribution is 6.30. The molecule has 1 aromatic carbocycles. The van der Waals surface area contributed by atoms with Crippen LogP contribution < -0.4 is 5.73 Å². The Morgan fingerprint density at radius 1 is 1.48 bits per heavy atom. The molecule has 2 heterocycles. The maximum Gasteiger partial charge on any atom is 0.234 e. The van der Waals surface area contributed by atoms with Gasteiger partial charge in [-0.2, -0.15) is 5.10 Å². The van der Waals surface area contributed by atoms with Gasteiger partial charge in [0.15, 0.2) is 0 Å². The molecule has 2 atom stereocenters. The van der Waals surface area contributed by atoms with Crippen LogP contribution in [0.5, 0.6) is 0 Å². The zero-order valence-electron chi connectivity index (χ0n) is 12.1. The summed E-state index contributed by atoms with van der Waals surface area (Å²) in [5.74, 6) is -0.510. The normalized spacial score (nSPS) is 21.1. The van der Waals surface area contributed by atoms with Crippen LogP contribution in [0.25, 0.3) is 5.69 Å². The fraction of sp³-hybridized carbons (Fsp3) is 0.357. The molecule has 0 bridgehead atoms. The third-order valence-electron chi connectivity index (χ3n) is 3.76. The molecule has 1 aliphatic rings. The van der Waals surface area contributed by atoms with E-state index in [0.717, 1.165) is 11.3 Å². The minimum atomic E-state index is -1.05. The van der Waals surface area contributed by atoms with Crippen LogP contribution in [-0.4, -0.2) is 44.3 Å². The van der Waals surface area contributed by atoms with Crippen LogP contribution in [0.15, 0.2) is 30.9 Å². The van der Waals surface area contributed by atoms with Gasteiger partial charge >= 0.3 is 0 Å². The van der Waals surface area contributed by atoms with E-state index < -0.39 is 18.1 Å². The summed E-state index contributed by atoms with van der Waals surface area (Å²) in [6.07, 6.45) is 2.08. The van der Waals surface area contributed by atoms with E-state index in [0.29, 0.717) is 11.6 Å². The molecular weight excluding hydrogens is 344 g/mol. The zero-order chi connectivity index (χ0) is 15.7. The quantitative estimate of drug-likeness (QED) is 0.901. The highest BCUT2D eigenvalue weighted by atomic mass is 35.5. The van der Waals surface area contributed by atoms with Gasteiger partial charge < -0.3 is 5.73 Å². The molecule has 1 fully saturated rings. The predicted molar refractivity (Wildman–Crippen MR) is 86.5 cm³/mol. The molecule has 0 aliphatic carbocycles. The van der Waals surface area contributed by atoms with Crippen LogP contribution in [-0.2, 0) is 11.3 Å². The number of primary amides is 1. The first-order chi connectivity index (χ1) is 10.5. The number of aromatic nitrogens is 3. The average Bonchev–Trinajstić information content (AvgIpc) is 3.09. The van der Waals surface area contributed by atoms with E-state index in [1.807, 2.05) is 6.07 Å². The molecule has 6 nitrogen and oxygen atoms in total. The van der Waals surface area contributed by atoms with Gasteiger partial charge in [-0.3, -0.25) is 9.69 Å². The second-order valence-corrected chi connectivity index (χ2v) is 5.73. The first-order valence-corrected chi connectivity index (χ1v) is 7.23. The number of likely N-dealkylation sites (tertiary alicyclic amines) is 1. The number of hydrogen-bond acceptors (Lipinski definition) is 4. The van der Waals surface area contributed by atoms with E-state index in [1.165, 1.54) is 6.33 Å². The van der Waals surface area contributed by atoms with Crippen molar-refractivity contribution < 1.29 is 9.18 Å². The molecule has 3 rings (SSSR count). The molecular formula is C14H16Cl2FN5O. The molecule has 1 aliphatic heterocycles. The van der Waals surface area contributed by atoms with Crippen LogP contribution in [0, 0.1) is 0 Å². The molecule has 23 heavy (non-hydrogen) atoms. The van der Waals surface area contributed by atoms with Gasteiger partial charge in [0.25, 0.3) is 0 Å². The summed E-state index contributed by atoms with van der Waals surface area (Å²) in [7, 11) is 0. The Hall–Kier alpha value is -1.70. The third kappa shape index (κ3) is 3.80. The van der Waals surface area contributed by atoms with Crippen LogP contribution in [0.3, 0.4) is 0 Å². The summed E-state index contributed by atoms with van der Waals surface area (Å²) < 4.78 is 15.2. The fourth-order valence-electron chi connectivity index (χ4n) is 2.77. The van der Waals surface area contributed by atoms with Gasteiger partial charge in [0.2, 0.25) is 5.91 Å². The summed E-state index contributed by atoms with van der Waals surface area (Å²) >= 11 is 6.06. The molecule has 0 spiro atoms. The third-order valence-corrected chi connectivity index (χ3v) is 4.00. The van der Waals surface area contributed by atoms with Crippen LogP contribution in [0.2, 0.25) is 5.02 Å². The van der Waals surface area contributed by atoms with Gasteiger partial charge in [-0.1, -0.05) is 11.6 Å². The molecule has 9 heteroatoms. The Kier molecular flexibility index (Phi) is 5.56. The summed E-state index contributed by atoms with van der Waals surface area (Å²) in [6, 6.07) is 4.74. The van der Waals surface area contributed by atoms with Crippen LogP contribution in [0.4, 0.5) is 4.39 Å². The van der Waals surface area contributed by atoms with Crippen molar-refractivity contribution in [3.8, 4) is 5.69 Å². The van der Waals surface area contributed by atoms with Crippen molar-refractivity contribution in [1.29, 1.82) is 0 Å². The summed E-state index contributed by atoms with van der Waals surface area (Å²) in [5, 5.41) is 4.66. The number of nitrogens with two attached hydrogens (primary N) is 1. The number of rotatable bonds is 4. The molecule has 124 valence electrons. The predicted octanol–water partition coefficient (Wildman–Crippen LogP) is 1.74. The van der Waals surface area contributed by atoms with Gasteiger partial charge in [-0.15, -0.1) is 12.4 Å². The molecule has 1 saturated heterocycles. The van der Waals surface area contributed by atoms with Gasteiger partial charge in [-0.25, -0.2) is 14.1 Å². The Morgan fingerprint density at radius 2 is 2.26 bits per heavy atom. The van der Waals surface area contributed by atoms with Crippen molar-refractivity contribution in [2.24, 2.45) is 5.73 Å². The zero-order valence-corrected chi connectivity index (χ0v) is 13.7. The van der Waals surface area contributed by atoms with Crippen molar-refractivity contribution in [2.75, 3.05) is 6.54 Å². The van der Waals surface area contributed by atoms with Crippen LogP contribution >= 0.6 is 24.0 Å². The van der Waals surface area contributed by atoms with Crippen molar-refractivity contribution >= 4 is 29.9 Å². The highest BCUT2D eigenvalue weighted by Gasteiger charge is 2.36. The monoisotopic (exact) mass is 359 g/mol. The van der Waals surface area contributed by atoms with E-state index >= 15 is 0 Å². The molecule has 1 unspecified atom stereocenters. The van der Waals surface area contributed by atoms with Crippen molar-refractivity contribution in [2.45, 2.75) is 25.2 Å². The smallest absolute Gasteiger partial charge is 0.234 e. The van der Waals surface area contributed by atoms with Gasteiger partial charge in [0.1, 0.15) is 18.8 Å². The van der Waals surface area contributed by atoms with E-state index in [2.05, 4.69) is 10.1 Å². The standard InChI is InChI=1S/C14H15ClFN5O.ClH/c15-10-1-2-12(21-8-18-7-19-21)9(3-10)5-20-6-11(16)4-13(20)14(17)22;/h1-3,7-8,11,13H,4-6H2,(H2,17,22);1H/t11?,13-;/m0./s1. The highest BCUT2D eigenvalue weighted by Crippen LogP contribution is 2.26. The minimum Gasteiger partial charge on any atom is -0.368 e. The van der Waals surface area contributed by atoms with E-state index in [1.54, 1.807) is 28.0 Å². The van der Waals surface area contributed by atoms with E-state index in [9.17, 15) is 9.18 Å². The largest absolute Gasteiger partial charge is 0.368 e. The Balaban J connectivity index is 0.00000192. The number of carbonyl (C=O) groups excluding carboxylic acids is 1. The van der Waals surface area contributed by atoms with Gasteiger partial charge in [0.05, 0.1) is 11.7 Å². The number of benzene rings is 1. The maximum absolute atomic E-state index is 13.6. The van der Waals surface area contributed by atoms with Gasteiger partial charge in [0, 0.05) is 24.5 Å². The Labute approximate surface area is 143 Å².